The molecule has 0 fully saturated rings. The summed E-state index contributed by atoms with van der Waals surface area (Å²) in [5.41, 5.74) is 7.22. The first-order valence-corrected chi connectivity index (χ1v) is 19.0. The van der Waals surface area contributed by atoms with Gasteiger partial charge in [0.15, 0.2) is 12.3 Å². The number of halogens is 1. The molecule has 12 heteroatoms. The van der Waals surface area contributed by atoms with Gasteiger partial charge in [0.1, 0.15) is 6.61 Å². The standard InChI is InChI=1S/C43H60N2O9.ClH/c1-42(2)35-13-9-11-15-37(35)44(20-23-50-28-31-52-26-25-48-5)39(42)17-7-6-8-18-40-43(3,4)36-14-10-12-16-38(36)45(40)21-24-51-29-32-54-34-33-53-30-27-49-22-19-41(46)47;/h6-18H,19-34H2,1-5H3;1H. The van der Waals surface area contributed by atoms with Crippen molar-refractivity contribution in [3.63, 3.8) is 0 Å². The number of ether oxygens (including phenoxy) is 7. The molecule has 1 N–H and O–H groups in total. The molecule has 0 aromatic heterocycles. The molecule has 0 atom stereocenters. The van der Waals surface area contributed by atoms with Crippen LogP contribution in [0.4, 0.5) is 11.4 Å². The van der Waals surface area contributed by atoms with Crippen molar-refractivity contribution in [1.29, 1.82) is 0 Å². The molecule has 0 unspecified atom stereocenters. The van der Waals surface area contributed by atoms with E-state index in [1.54, 1.807) is 7.11 Å². The lowest BCUT2D eigenvalue weighted by molar-refractivity contribution is -0.442. The fraction of sp³-hybridized carbons (Fsp3) is 0.535. The van der Waals surface area contributed by atoms with Crippen LogP contribution in [-0.2, 0) is 48.8 Å². The number of carboxylic acids is 1. The monoisotopic (exact) mass is 784 g/mol. The lowest BCUT2D eigenvalue weighted by Gasteiger charge is -2.27. The first-order valence-electron chi connectivity index (χ1n) is 19.0. The Bertz CT molecular complexity index is 1590. The van der Waals surface area contributed by atoms with E-state index in [1.165, 1.54) is 33.9 Å². The molecule has 0 amide bonds. The molecule has 55 heavy (non-hydrogen) atoms. The van der Waals surface area contributed by atoms with Gasteiger partial charge < -0.3 is 55.6 Å². The van der Waals surface area contributed by atoms with Crippen LogP contribution in [0.2, 0.25) is 0 Å². The summed E-state index contributed by atoms with van der Waals surface area (Å²) in [6, 6.07) is 17.2. The van der Waals surface area contributed by atoms with Gasteiger partial charge in [0.05, 0.1) is 91.1 Å². The largest absolute Gasteiger partial charge is 1.00 e. The zero-order valence-electron chi connectivity index (χ0n) is 33.3. The molecule has 0 bridgehead atoms. The Kier molecular flexibility index (Phi) is 20.3. The third-order valence-corrected chi connectivity index (χ3v) is 9.63. The molecule has 0 aliphatic carbocycles. The van der Waals surface area contributed by atoms with Crippen molar-refractivity contribution in [3.8, 4) is 0 Å². The molecule has 304 valence electrons. The molecule has 0 saturated carbocycles. The SMILES string of the molecule is COCCOCCOCCN1C(=CC=CC=CC2=[N+](CCOCCOCCOCCOCCC(=O)O)c3ccccc3C2(C)C)C(C)(C)c2ccccc21.[Cl-]. The summed E-state index contributed by atoms with van der Waals surface area (Å²) in [7, 11) is 1.67. The number of fused-ring (bicyclic) bond motifs is 2. The number of allylic oxidation sites excluding steroid dienone is 6. The van der Waals surface area contributed by atoms with Gasteiger partial charge in [0.25, 0.3) is 0 Å². The molecule has 2 aliphatic heterocycles. The Morgan fingerprint density at radius 3 is 1.85 bits per heavy atom. The number of nitrogens with zero attached hydrogens (tertiary/aromatic N) is 2. The lowest BCUT2D eigenvalue weighted by Crippen LogP contribution is -3.00. The zero-order chi connectivity index (χ0) is 38.7. The van der Waals surface area contributed by atoms with E-state index in [4.69, 9.17) is 38.3 Å². The van der Waals surface area contributed by atoms with Gasteiger partial charge in [-0.3, -0.25) is 4.79 Å². The number of anilines is 1. The van der Waals surface area contributed by atoms with Crippen LogP contribution in [0.3, 0.4) is 0 Å². The number of para-hydroxylation sites is 2. The maximum atomic E-state index is 10.5. The van der Waals surface area contributed by atoms with Gasteiger partial charge in [-0.2, -0.15) is 4.58 Å². The number of rotatable bonds is 27. The van der Waals surface area contributed by atoms with E-state index in [0.29, 0.717) is 79.3 Å². The predicted octanol–water partition coefficient (Wildman–Crippen LogP) is 3.08. The van der Waals surface area contributed by atoms with Gasteiger partial charge in [0, 0.05) is 48.2 Å². The number of benzene rings is 2. The van der Waals surface area contributed by atoms with E-state index in [2.05, 4.69) is 116 Å². The minimum Gasteiger partial charge on any atom is -1.00 e. The minimum atomic E-state index is -0.869. The highest BCUT2D eigenvalue weighted by Crippen LogP contribution is 2.47. The van der Waals surface area contributed by atoms with Crippen LogP contribution >= 0.6 is 0 Å². The predicted molar refractivity (Wildman–Crippen MR) is 211 cm³/mol. The molecule has 0 saturated heterocycles. The highest BCUT2D eigenvalue weighted by Gasteiger charge is 2.44. The molecule has 4 rings (SSSR count). The van der Waals surface area contributed by atoms with E-state index < -0.39 is 5.97 Å². The van der Waals surface area contributed by atoms with Crippen molar-refractivity contribution in [1.82, 2.24) is 0 Å². The quantitative estimate of drug-likeness (QED) is 0.0826. The molecule has 11 nitrogen and oxygen atoms in total. The maximum absolute atomic E-state index is 10.5. The fourth-order valence-corrected chi connectivity index (χ4v) is 6.82. The summed E-state index contributed by atoms with van der Waals surface area (Å²) in [6.07, 6.45) is 10.9. The fourth-order valence-electron chi connectivity index (χ4n) is 6.82. The van der Waals surface area contributed by atoms with Crippen LogP contribution in [0.25, 0.3) is 0 Å². The molecule has 0 radical (unpaired) electrons. The highest BCUT2D eigenvalue weighted by molar-refractivity contribution is 6.03. The first-order chi connectivity index (χ1) is 26.2. The van der Waals surface area contributed by atoms with Crippen LogP contribution in [0.1, 0.15) is 45.2 Å². The topological polar surface area (TPSA) is 108 Å². The molecule has 2 heterocycles. The highest BCUT2D eigenvalue weighted by atomic mass is 35.5. The molecular weight excluding hydrogens is 724 g/mol. The third-order valence-electron chi connectivity index (χ3n) is 9.63. The minimum absolute atomic E-state index is 0. The van der Waals surface area contributed by atoms with Crippen LogP contribution in [0, 0.1) is 0 Å². The van der Waals surface area contributed by atoms with Gasteiger partial charge in [-0.05, 0) is 31.6 Å². The van der Waals surface area contributed by atoms with Crippen molar-refractivity contribution in [2.45, 2.75) is 44.9 Å². The average molecular weight is 785 g/mol. The Hall–Kier alpha value is -3.39. The van der Waals surface area contributed by atoms with Gasteiger partial charge >= 0.3 is 5.97 Å². The summed E-state index contributed by atoms with van der Waals surface area (Å²) in [5.74, 6) is -0.869. The Balaban J connectivity index is 0.00000812. The molecule has 0 spiro atoms. The van der Waals surface area contributed by atoms with Gasteiger partial charge in [-0.1, -0.05) is 68.5 Å². The number of carboxylic acid groups (broad SMARTS) is 1. The summed E-state index contributed by atoms with van der Waals surface area (Å²) < 4.78 is 41.2. The van der Waals surface area contributed by atoms with Crippen molar-refractivity contribution in [3.05, 3.63) is 95.7 Å². The second kappa shape index (κ2) is 24.3. The summed E-state index contributed by atoms with van der Waals surface area (Å²) in [4.78, 5) is 12.9. The number of carbonyl (C=O) groups is 1. The van der Waals surface area contributed by atoms with Gasteiger partial charge in [0.2, 0.25) is 5.69 Å². The number of hydrogen-bond donors (Lipinski definition) is 1. The number of hydrogen-bond acceptors (Lipinski definition) is 9. The van der Waals surface area contributed by atoms with Crippen molar-refractivity contribution in [2.24, 2.45) is 0 Å². The molecule has 2 aromatic rings. The molecule has 2 aromatic carbocycles. The third kappa shape index (κ3) is 13.6. The molecule has 2 aliphatic rings. The van der Waals surface area contributed by atoms with E-state index in [0.717, 1.165) is 13.1 Å². The smallest absolute Gasteiger partial charge is 0.305 e. The van der Waals surface area contributed by atoms with E-state index in [9.17, 15) is 4.79 Å². The van der Waals surface area contributed by atoms with Gasteiger partial charge in [-0.25, -0.2) is 0 Å². The van der Waals surface area contributed by atoms with Gasteiger partial charge in [-0.15, -0.1) is 0 Å². The van der Waals surface area contributed by atoms with E-state index in [-0.39, 0.29) is 36.3 Å². The summed E-state index contributed by atoms with van der Waals surface area (Å²) in [6.45, 7) is 16.9. The number of methoxy groups -OCH3 is 1. The zero-order valence-corrected chi connectivity index (χ0v) is 34.1. The Labute approximate surface area is 333 Å². The molecular formula is C43H61ClN2O9. The Morgan fingerprint density at radius 2 is 1.22 bits per heavy atom. The summed E-state index contributed by atoms with van der Waals surface area (Å²) in [5, 5.41) is 8.62. The van der Waals surface area contributed by atoms with Crippen molar-refractivity contribution in [2.75, 3.05) is 111 Å². The number of aliphatic carboxylic acids is 1. The van der Waals surface area contributed by atoms with Crippen LogP contribution < -0.4 is 17.3 Å². The average Bonchev–Trinajstić information content (AvgIpc) is 3.50. The first kappa shape index (κ1) is 46.0. The lowest BCUT2D eigenvalue weighted by atomic mass is 9.81. The summed E-state index contributed by atoms with van der Waals surface area (Å²) >= 11 is 0. The van der Waals surface area contributed by atoms with Crippen molar-refractivity contribution >= 4 is 23.1 Å². The second-order valence-corrected chi connectivity index (χ2v) is 14.1. The maximum Gasteiger partial charge on any atom is 0.305 e. The Morgan fingerprint density at radius 1 is 0.673 bits per heavy atom. The van der Waals surface area contributed by atoms with Crippen LogP contribution in [-0.4, -0.2) is 127 Å². The normalized spacial score (nSPS) is 16.4. The van der Waals surface area contributed by atoms with E-state index >= 15 is 0 Å². The van der Waals surface area contributed by atoms with E-state index in [1.807, 2.05) is 0 Å². The van der Waals surface area contributed by atoms with Crippen LogP contribution in [0.15, 0.2) is 84.6 Å². The van der Waals surface area contributed by atoms with Crippen molar-refractivity contribution < 1.29 is 60.0 Å². The second-order valence-electron chi connectivity index (χ2n) is 14.1. The van der Waals surface area contributed by atoms with Crippen LogP contribution in [0.5, 0.6) is 0 Å².